The second-order valence-corrected chi connectivity index (χ2v) is 5.05. The van der Waals surface area contributed by atoms with Gasteiger partial charge in [0.1, 0.15) is 6.04 Å². The lowest BCUT2D eigenvalue weighted by Gasteiger charge is -2.31. The molecule has 0 bridgehead atoms. The van der Waals surface area contributed by atoms with Crippen molar-refractivity contribution in [3.63, 3.8) is 0 Å². The molecular formula is C13H21N3O2. The standard InChI is InChI=1S/C13H21N3O2/c1-13(2,18)9-16(3)11(12(17)15-14)10-7-5-4-6-8-10/h4-8,11,18H,9,14H2,1-3H3,(H,15,17). The van der Waals surface area contributed by atoms with Crippen molar-refractivity contribution in [1.29, 1.82) is 0 Å². The molecule has 4 N–H and O–H groups in total. The smallest absolute Gasteiger partial charge is 0.255 e. The fourth-order valence-corrected chi connectivity index (χ4v) is 2.02. The Morgan fingerprint density at radius 2 is 2.00 bits per heavy atom. The third-order valence-electron chi connectivity index (χ3n) is 2.58. The molecule has 0 radical (unpaired) electrons. The normalized spacial score (nSPS) is 13.4. The maximum atomic E-state index is 11.9. The molecule has 0 saturated heterocycles. The average Bonchev–Trinajstić information content (AvgIpc) is 2.28. The van der Waals surface area contributed by atoms with Gasteiger partial charge in [0.15, 0.2) is 0 Å². The molecule has 0 aliphatic carbocycles. The summed E-state index contributed by atoms with van der Waals surface area (Å²) in [4.78, 5) is 13.7. The van der Waals surface area contributed by atoms with Crippen molar-refractivity contribution in [2.75, 3.05) is 13.6 Å². The molecule has 0 saturated carbocycles. The van der Waals surface area contributed by atoms with Gasteiger partial charge in [-0.15, -0.1) is 0 Å². The molecule has 0 aromatic heterocycles. The number of nitrogens with zero attached hydrogens (tertiary/aromatic N) is 1. The molecule has 0 aliphatic heterocycles. The van der Waals surface area contributed by atoms with Crippen molar-refractivity contribution in [2.45, 2.75) is 25.5 Å². The number of hydrogen-bond donors (Lipinski definition) is 3. The minimum atomic E-state index is -0.878. The molecule has 0 spiro atoms. The van der Waals surface area contributed by atoms with E-state index in [1.165, 1.54) is 0 Å². The number of likely N-dealkylation sites (N-methyl/N-ethyl adjacent to an activating group) is 1. The van der Waals surface area contributed by atoms with Crippen molar-refractivity contribution in [2.24, 2.45) is 5.84 Å². The van der Waals surface area contributed by atoms with Crippen LogP contribution in [0.3, 0.4) is 0 Å². The van der Waals surface area contributed by atoms with E-state index >= 15 is 0 Å². The number of rotatable bonds is 5. The highest BCUT2D eigenvalue weighted by atomic mass is 16.3. The van der Waals surface area contributed by atoms with Gasteiger partial charge in [-0.05, 0) is 26.5 Å². The molecule has 5 nitrogen and oxygen atoms in total. The van der Waals surface area contributed by atoms with Gasteiger partial charge in [0.05, 0.1) is 5.60 Å². The number of carbonyl (C=O) groups is 1. The van der Waals surface area contributed by atoms with Gasteiger partial charge in [-0.1, -0.05) is 30.3 Å². The molecule has 1 rings (SSSR count). The Kier molecular flexibility index (Phi) is 4.84. The van der Waals surface area contributed by atoms with Crippen LogP contribution in [0, 0.1) is 0 Å². The minimum Gasteiger partial charge on any atom is -0.389 e. The Hall–Kier alpha value is -1.43. The van der Waals surface area contributed by atoms with Crippen molar-refractivity contribution in [3.05, 3.63) is 35.9 Å². The van der Waals surface area contributed by atoms with Gasteiger partial charge in [-0.2, -0.15) is 0 Å². The van der Waals surface area contributed by atoms with Crippen LogP contribution >= 0.6 is 0 Å². The molecule has 5 heteroatoms. The molecule has 0 aliphatic rings. The van der Waals surface area contributed by atoms with E-state index in [0.29, 0.717) is 6.54 Å². The lowest BCUT2D eigenvalue weighted by Crippen LogP contribution is -2.46. The largest absolute Gasteiger partial charge is 0.389 e. The number of benzene rings is 1. The van der Waals surface area contributed by atoms with Gasteiger partial charge < -0.3 is 5.11 Å². The van der Waals surface area contributed by atoms with Gasteiger partial charge in [-0.25, -0.2) is 5.84 Å². The first kappa shape index (κ1) is 14.6. The van der Waals surface area contributed by atoms with Gasteiger partial charge in [0.2, 0.25) is 0 Å². The number of nitrogens with two attached hydrogens (primary N) is 1. The molecule has 1 aromatic rings. The third-order valence-corrected chi connectivity index (χ3v) is 2.58. The number of hydrogen-bond acceptors (Lipinski definition) is 4. The van der Waals surface area contributed by atoms with E-state index in [9.17, 15) is 9.90 Å². The molecule has 1 amide bonds. The molecule has 0 fully saturated rings. The SMILES string of the molecule is CN(CC(C)(C)O)C(C(=O)NN)c1ccccc1. The Labute approximate surface area is 108 Å². The van der Waals surface area contributed by atoms with Gasteiger partial charge in [-0.3, -0.25) is 15.1 Å². The summed E-state index contributed by atoms with van der Waals surface area (Å²) >= 11 is 0. The van der Waals surface area contributed by atoms with Crippen LogP contribution in [0.25, 0.3) is 0 Å². The molecule has 1 unspecified atom stereocenters. The van der Waals surface area contributed by atoms with Crippen LogP contribution in [0.15, 0.2) is 30.3 Å². The van der Waals surface area contributed by atoms with E-state index in [1.54, 1.807) is 25.8 Å². The van der Waals surface area contributed by atoms with E-state index in [2.05, 4.69) is 5.43 Å². The molecular weight excluding hydrogens is 230 g/mol. The van der Waals surface area contributed by atoms with Crippen molar-refractivity contribution in [1.82, 2.24) is 10.3 Å². The summed E-state index contributed by atoms with van der Waals surface area (Å²) in [6.07, 6.45) is 0. The molecule has 18 heavy (non-hydrogen) atoms. The first-order valence-electron chi connectivity index (χ1n) is 5.83. The van der Waals surface area contributed by atoms with E-state index < -0.39 is 11.6 Å². The quantitative estimate of drug-likeness (QED) is 0.402. The van der Waals surface area contributed by atoms with Crippen LogP contribution in [-0.4, -0.2) is 35.1 Å². The van der Waals surface area contributed by atoms with Gasteiger partial charge in [0.25, 0.3) is 5.91 Å². The van der Waals surface area contributed by atoms with Crippen LogP contribution in [0.2, 0.25) is 0 Å². The monoisotopic (exact) mass is 251 g/mol. The Morgan fingerprint density at radius 1 is 1.44 bits per heavy atom. The Morgan fingerprint density at radius 3 is 2.44 bits per heavy atom. The van der Waals surface area contributed by atoms with Gasteiger partial charge in [0, 0.05) is 6.54 Å². The average molecular weight is 251 g/mol. The van der Waals surface area contributed by atoms with Crippen LogP contribution in [0.4, 0.5) is 0 Å². The maximum Gasteiger partial charge on any atom is 0.255 e. The number of amides is 1. The highest BCUT2D eigenvalue weighted by molar-refractivity contribution is 5.82. The van der Waals surface area contributed by atoms with E-state index in [4.69, 9.17) is 5.84 Å². The lowest BCUT2D eigenvalue weighted by atomic mass is 10.0. The van der Waals surface area contributed by atoms with Crippen LogP contribution in [0.5, 0.6) is 0 Å². The van der Waals surface area contributed by atoms with Gasteiger partial charge >= 0.3 is 0 Å². The maximum absolute atomic E-state index is 11.9. The lowest BCUT2D eigenvalue weighted by molar-refractivity contribution is -0.127. The topological polar surface area (TPSA) is 78.6 Å². The summed E-state index contributed by atoms with van der Waals surface area (Å²) in [5, 5.41) is 9.83. The van der Waals surface area contributed by atoms with Crippen molar-refractivity contribution < 1.29 is 9.90 Å². The first-order valence-corrected chi connectivity index (χ1v) is 5.83. The highest BCUT2D eigenvalue weighted by Gasteiger charge is 2.28. The Bertz CT molecular complexity index is 387. The highest BCUT2D eigenvalue weighted by Crippen LogP contribution is 2.21. The summed E-state index contributed by atoms with van der Waals surface area (Å²) in [5.41, 5.74) is 2.13. The van der Waals surface area contributed by atoms with Crippen molar-refractivity contribution >= 4 is 5.91 Å². The summed E-state index contributed by atoms with van der Waals surface area (Å²) in [7, 11) is 1.78. The van der Waals surface area contributed by atoms with Crippen LogP contribution < -0.4 is 11.3 Å². The van der Waals surface area contributed by atoms with E-state index in [-0.39, 0.29) is 5.91 Å². The zero-order chi connectivity index (χ0) is 13.8. The fourth-order valence-electron chi connectivity index (χ4n) is 2.02. The summed E-state index contributed by atoms with van der Waals surface area (Å²) in [5.74, 6) is 4.92. The molecule has 1 atom stereocenters. The minimum absolute atomic E-state index is 0.298. The Balaban J connectivity index is 2.96. The predicted octanol–water partition coefficient (Wildman–Crippen LogP) is 0.420. The number of nitrogens with one attached hydrogen (secondary N) is 1. The summed E-state index contributed by atoms with van der Waals surface area (Å²) in [6.45, 7) is 3.76. The van der Waals surface area contributed by atoms with Crippen molar-refractivity contribution in [3.8, 4) is 0 Å². The molecule has 0 heterocycles. The van der Waals surface area contributed by atoms with E-state index in [0.717, 1.165) is 5.56 Å². The first-order chi connectivity index (χ1) is 8.35. The zero-order valence-electron chi connectivity index (χ0n) is 11.1. The fraction of sp³-hybridized carbons (Fsp3) is 0.462. The molecule has 1 aromatic carbocycles. The number of carbonyl (C=O) groups excluding carboxylic acids is 1. The number of aliphatic hydroxyl groups is 1. The summed E-state index contributed by atoms with van der Waals surface area (Å²) < 4.78 is 0. The van der Waals surface area contributed by atoms with Crippen LogP contribution in [-0.2, 0) is 4.79 Å². The zero-order valence-corrected chi connectivity index (χ0v) is 11.1. The summed E-state index contributed by atoms with van der Waals surface area (Å²) in [6, 6.07) is 8.83. The van der Waals surface area contributed by atoms with E-state index in [1.807, 2.05) is 30.3 Å². The predicted molar refractivity (Wildman–Crippen MR) is 70.4 cm³/mol. The number of hydrazine groups is 1. The van der Waals surface area contributed by atoms with Crippen LogP contribution in [0.1, 0.15) is 25.5 Å². The third kappa shape index (κ3) is 4.10. The molecule has 100 valence electrons. The second-order valence-electron chi connectivity index (χ2n) is 5.05. The second kappa shape index (κ2) is 5.95.